The second-order valence-electron chi connectivity index (χ2n) is 24.3. The Morgan fingerprint density at radius 1 is 0.533 bits per heavy atom. The van der Waals surface area contributed by atoms with Gasteiger partial charge in [-0.15, -0.1) is 0 Å². The van der Waals surface area contributed by atoms with E-state index in [9.17, 15) is 76.6 Å². The van der Waals surface area contributed by atoms with Crippen molar-refractivity contribution >= 4 is 0 Å². The lowest BCUT2D eigenvalue weighted by molar-refractivity contribution is -0.390. The zero-order valence-electron chi connectivity index (χ0n) is 43.2. The van der Waals surface area contributed by atoms with E-state index in [4.69, 9.17) is 42.6 Å². The van der Waals surface area contributed by atoms with Gasteiger partial charge in [-0.25, -0.2) is 0 Å². The molecular weight excluding hydrogens is 997 g/mol. The number of fused-ring (bicyclic) bond motifs is 7. The van der Waals surface area contributed by atoms with Crippen LogP contribution in [0, 0.1) is 52.3 Å². The maximum absolute atomic E-state index is 12.1. The monoisotopic (exact) mass is 1080 g/mol. The van der Waals surface area contributed by atoms with E-state index in [1.807, 2.05) is 6.92 Å². The SMILES string of the molecule is C[C@H](CC[C@@]1(O)O[C@H]2C[C@H]3[C@@H]4CC[C@H]5C[C@@H](O[C@@H]6O[C@H](CO)[C@H](O[C@@H]7O[C@H](CO)[C@@H](O)[C@H](O)[C@H]7O[C@@H]7O[C@H](CO)[C@@H](O)[C@H](O)[C@H]7O)[C@H](O)[C@H]6O)CC[C@]5(C)[C@H]4CC[C@]3(C)[C@H]2[C@@H]1C)CO[C@@H]1O[C@H](CO)[C@@H](O)[C@H](O)[C@H]1O. The fraction of sp³-hybridized carbons (Fsp3) is 1.00. The Bertz CT molecular complexity index is 1870. The lowest BCUT2D eigenvalue weighted by Crippen LogP contribution is -2.67. The third-order valence-electron chi connectivity index (χ3n) is 20.1. The van der Waals surface area contributed by atoms with E-state index in [0.29, 0.717) is 49.4 Å². The molecule has 9 rings (SSSR count). The molecule has 0 aromatic carbocycles. The van der Waals surface area contributed by atoms with Crippen molar-refractivity contribution in [2.75, 3.05) is 33.0 Å². The molecule has 0 aromatic rings. The average Bonchev–Trinajstić information content (AvgIpc) is 3.83. The highest BCUT2D eigenvalue weighted by molar-refractivity contribution is 5.15. The number of aliphatic hydroxyl groups excluding tert-OH is 14. The van der Waals surface area contributed by atoms with Crippen molar-refractivity contribution in [2.45, 2.75) is 233 Å². The van der Waals surface area contributed by atoms with E-state index in [0.717, 1.165) is 38.5 Å². The highest BCUT2D eigenvalue weighted by Gasteiger charge is 2.68. The predicted octanol–water partition coefficient (Wildman–Crippen LogP) is -3.95. The molecule has 0 amide bonds. The van der Waals surface area contributed by atoms with Crippen molar-refractivity contribution in [3.8, 4) is 0 Å². The molecule has 5 saturated heterocycles. The van der Waals surface area contributed by atoms with E-state index < -0.39 is 155 Å². The predicted molar refractivity (Wildman–Crippen MR) is 252 cm³/mol. The van der Waals surface area contributed by atoms with Crippen LogP contribution in [-0.4, -0.2) is 250 Å². The summed E-state index contributed by atoms with van der Waals surface area (Å²) in [4.78, 5) is 0. The van der Waals surface area contributed by atoms with E-state index in [1.165, 1.54) is 0 Å². The summed E-state index contributed by atoms with van der Waals surface area (Å²) in [6, 6.07) is 0. The second kappa shape index (κ2) is 23.1. The van der Waals surface area contributed by atoms with Gasteiger partial charge >= 0.3 is 0 Å². The van der Waals surface area contributed by atoms with Crippen LogP contribution in [0.1, 0.15) is 91.9 Å². The molecule has 75 heavy (non-hydrogen) atoms. The summed E-state index contributed by atoms with van der Waals surface area (Å²) in [7, 11) is 0. The molecule has 434 valence electrons. The first-order chi connectivity index (χ1) is 35.5. The molecule has 32 atom stereocenters. The number of rotatable bonds is 16. The Hall–Kier alpha value is -0.960. The van der Waals surface area contributed by atoms with Crippen LogP contribution in [0.5, 0.6) is 0 Å². The molecule has 4 aliphatic carbocycles. The summed E-state index contributed by atoms with van der Waals surface area (Å²) >= 11 is 0. The molecule has 0 bridgehead atoms. The molecule has 0 radical (unpaired) electrons. The highest BCUT2D eigenvalue weighted by atomic mass is 16.8. The molecule has 9 aliphatic rings. The lowest BCUT2D eigenvalue weighted by atomic mass is 9.44. The molecular formula is C51H86O24. The van der Waals surface area contributed by atoms with Gasteiger partial charge in [-0.3, -0.25) is 0 Å². The van der Waals surface area contributed by atoms with Gasteiger partial charge in [-0.2, -0.15) is 0 Å². The summed E-state index contributed by atoms with van der Waals surface area (Å²) in [6.45, 7) is 6.15. The Labute approximate surface area is 436 Å². The molecule has 24 nitrogen and oxygen atoms in total. The molecule has 4 saturated carbocycles. The third-order valence-corrected chi connectivity index (χ3v) is 20.1. The normalized spacial score (nSPS) is 55.4. The number of aliphatic hydroxyl groups is 15. The minimum atomic E-state index is -1.92. The second-order valence-corrected chi connectivity index (χ2v) is 24.3. The summed E-state index contributed by atoms with van der Waals surface area (Å²) in [5.74, 6) is 0.320. The number of ether oxygens (including phenoxy) is 9. The summed E-state index contributed by atoms with van der Waals surface area (Å²) in [6.07, 6.45) is -24.3. The first-order valence-corrected chi connectivity index (χ1v) is 27.4. The van der Waals surface area contributed by atoms with Crippen molar-refractivity contribution < 1.29 is 119 Å². The standard InChI is InChI=1S/C51H86O24/c1-20(19-67-45-40(63)36(59)33(56)28(15-52)69-45)7-12-51(66)21(2)32-27(75-51)14-26-24-6-5-22-13-23(8-10-49(22,3)25(24)9-11-50(26,32)4)68-46-42(65)39(62)43(31(18-55)72-46)73-48-44(38(61)35(58)30(17-54)71-48)74-47-41(64)37(60)34(57)29(16-53)70-47/h20-48,52-66H,5-19H2,1-4H3/t20-,21+,22+,23+,24-,25+,26+,27+,28-,29-,30-,31-,32+,33-,34-,35-,36+,37+,38+,39-,40-,41-,42-,43+,44-,45-,46-,47+,48+,49+,50+,51-/m1/s1. The zero-order valence-corrected chi connectivity index (χ0v) is 43.2. The summed E-state index contributed by atoms with van der Waals surface area (Å²) < 4.78 is 53.5. The van der Waals surface area contributed by atoms with Gasteiger partial charge in [0.05, 0.1) is 45.2 Å². The van der Waals surface area contributed by atoms with Gasteiger partial charge in [0.2, 0.25) is 0 Å². The Morgan fingerprint density at radius 2 is 1.05 bits per heavy atom. The van der Waals surface area contributed by atoms with Crippen molar-refractivity contribution in [3.05, 3.63) is 0 Å². The molecule has 0 aromatic heterocycles. The largest absolute Gasteiger partial charge is 0.394 e. The van der Waals surface area contributed by atoms with Crippen LogP contribution in [0.3, 0.4) is 0 Å². The quantitative estimate of drug-likeness (QED) is 0.0656. The van der Waals surface area contributed by atoms with Crippen molar-refractivity contribution in [3.63, 3.8) is 0 Å². The van der Waals surface area contributed by atoms with Gasteiger partial charge < -0.3 is 119 Å². The minimum absolute atomic E-state index is 0.0136. The Kier molecular flexibility index (Phi) is 18.1. The topological polar surface area (TPSA) is 387 Å². The first kappa shape index (κ1) is 58.7. The van der Waals surface area contributed by atoms with Gasteiger partial charge in [-0.1, -0.05) is 27.7 Å². The van der Waals surface area contributed by atoms with Crippen LogP contribution in [0.15, 0.2) is 0 Å². The highest BCUT2D eigenvalue weighted by Crippen LogP contribution is 2.71. The van der Waals surface area contributed by atoms with Crippen LogP contribution in [0.2, 0.25) is 0 Å². The Morgan fingerprint density at radius 3 is 1.69 bits per heavy atom. The van der Waals surface area contributed by atoms with Crippen LogP contribution >= 0.6 is 0 Å². The summed E-state index contributed by atoms with van der Waals surface area (Å²) in [5.41, 5.74) is -0.0140. The first-order valence-electron chi connectivity index (χ1n) is 27.4. The van der Waals surface area contributed by atoms with E-state index in [-0.39, 0.29) is 47.4 Å². The third kappa shape index (κ3) is 10.7. The lowest BCUT2D eigenvalue weighted by Gasteiger charge is -2.61. The summed E-state index contributed by atoms with van der Waals surface area (Å²) in [5, 5.41) is 159. The van der Waals surface area contributed by atoms with Crippen molar-refractivity contribution in [2.24, 2.45) is 52.3 Å². The smallest absolute Gasteiger partial charge is 0.187 e. The molecule has 24 heteroatoms. The van der Waals surface area contributed by atoms with Crippen LogP contribution in [0.25, 0.3) is 0 Å². The zero-order chi connectivity index (χ0) is 54.2. The van der Waals surface area contributed by atoms with E-state index in [2.05, 4.69) is 20.8 Å². The van der Waals surface area contributed by atoms with Crippen molar-refractivity contribution in [1.29, 1.82) is 0 Å². The Balaban J connectivity index is 0.784. The minimum Gasteiger partial charge on any atom is -0.394 e. The van der Waals surface area contributed by atoms with Gasteiger partial charge in [-0.05, 0) is 104 Å². The van der Waals surface area contributed by atoms with E-state index >= 15 is 0 Å². The fourth-order valence-corrected chi connectivity index (χ4v) is 15.6. The molecule has 15 N–H and O–H groups in total. The number of hydrogen-bond acceptors (Lipinski definition) is 24. The van der Waals surface area contributed by atoms with Gasteiger partial charge in [0, 0.05) is 12.3 Å². The maximum atomic E-state index is 12.1. The van der Waals surface area contributed by atoms with Gasteiger partial charge in [0.1, 0.15) is 97.7 Å². The molecule has 5 heterocycles. The molecule has 0 unspecified atom stereocenters. The maximum Gasteiger partial charge on any atom is 0.187 e. The molecule has 0 spiro atoms. The van der Waals surface area contributed by atoms with Crippen molar-refractivity contribution in [1.82, 2.24) is 0 Å². The fourth-order valence-electron chi connectivity index (χ4n) is 15.6. The van der Waals surface area contributed by atoms with E-state index in [1.54, 1.807) is 0 Å². The van der Waals surface area contributed by atoms with Gasteiger partial charge in [0.25, 0.3) is 0 Å². The average molecular weight is 1080 g/mol. The van der Waals surface area contributed by atoms with Gasteiger partial charge in [0.15, 0.2) is 30.9 Å². The number of hydrogen-bond donors (Lipinski definition) is 15. The molecule has 9 fully saturated rings. The van der Waals surface area contributed by atoms with Crippen LogP contribution < -0.4 is 0 Å². The van der Waals surface area contributed by atoms with Crippen LogP contribution in [-0.2, 0) is 42.6 Å². The van der Waals surface area contributed by atoms with Crippen LogP contribution in [0.4, 0.5) is 0 Å². The molecule has 5 aliphatic heterocycles.